The third kappa shape index (κ3) is 2.25. The lowest BCUT2D eigenvalue weighted by molar-refractivity contribution is 0.269. The number of hydrogen-bond donors (Lipinski definition) is 1. The zero-order valence-corrected chi connectivity index (χ0v) is 10.4. The molecule has 6 heteroatoms. The van der Waals surface area contributed by atoms with E-state index in [9.17, 15) is 0 Å². The summed E-state index contributed by atoms with van der Waals surface area (Å²) in [5, 5.41) is 0. The van der Waals surface area contributed by atoms with Crippen molar-refractivity contribution in [1.29, 1.82) is 0 Å². The molecule has 1 aromatic carbocycles. The van der Waals surface area contributed by atoms with E-state index in [4.69, 9.17) is 4.84 Å². The van der Waals surface area contributed by atoms with Gasteiger partial charge >= 0.3 is 0 Å². The Hall–Kier alpha value is -2.47. The molecule has 2 aromatic heterocycles. The molecule has 3 rings (SSSR count). The summed E-state index contributed by atoms with van der Waals surface area (Å²) in [4.78, 5) is 17.6. The topological polar surface area (TPSA) is 64.9 Å². The molecule has 96 valence electrons. The number of hydrogen-bond acceptors (Lipinski definition) is 5. The first-order chi connectivity index (χ1) is 9.38. The third-order valence-corrected chi connectivity index (χ3v) is 2.80. The number of nitrogens with zero attached hydrogens (tertiary/aromatic N) is 4. The maximum absolute atomic E-state index is 4.87. The molecule has 0 radical (unpaired) electrons. The minimum Gasteiger partial charge on any atom is -0.311 e. The van der Waals surface area contributed by atoms with Crippen LogP contribution in [0, 0.1) is 0 Å². The molecule has 0 saturated carbocycles. The van der Waals surface area contributed by atoms with Gasteiger partial charge < -0.3 is 4.57 Å². The summed E-state index contributed by atoms with van der Waals surface area (Å²) in [6.07, 6.45) is 3.25. The molecular formula is C13H13N5O. The van der Waals surface area contributed by atoms with Gasteiger partial charge in [0.25, 0.3) is 0 Å². The maximum Gasteiger partial charge on any atom is 0.181 e. The highest BCUT2D eigenvalue weighted by Gasteiger charge is 2.09. The first-order valence-electron chi connectivity index (χ1n) is 5.87. The highest BCUT2D eigenvalue weighted by Crippen LogP contribution is 2.18. The van der Waals surface area contributed by atoms with E-state index in [0.29, 0.717) is 11.3 Å². The van der Waals surface area contributed by atoms with E-state index in [0.717, 1.165) is 12.2 Å². The second-order valence-corrected chi connectivity index (χ2v) is 4.06. The van der Waals surface area contributed by atoms with Crippen LogP contribution in [0.3, 0.4) is 0 Å². The largest absolute Gasteiger partial charge is 0.311 e. The van der Waals surface area contributed by atoms with Crippen LogP contribution >= 0.6 is 0 Å². The Morgan fingerprint density at radius 3 is 2.79 bits per heavy atom. The molecule has 6 nitrogen and oxygen atoms in total. The van der Waals surface area contributed by atoms with Gasteiger partial charge in [0.05, 0.1) is 20.0 Å². The van der Waals surface area contributed by atoms with Crippen LogP contribution in [0.5, 0.6) is 0 Å². The molecule has 3 aromatic rings. The van der Waals surface area contributed by atoms with Crippen LogP contribution in [0.2, 0.25) is 0 Å². The molecule has 0 atom stereocenters. The van der Waals surface area contributed by atoms with Crippen molar-refractivity contribution in [2.45, 2.75) is 6.54 Å². The van der Waals surface area contributed by atoms with Crippen molar-refractivity contribution >= 4 is 17.0 Å². The molecule has 0 aliphatic rings. The van der Waals surface area contributed by atoms with E-state index < -0.39 is 0 Å². The molecule has 0 aliphatic carbocycles. The predicted octanol–water partition coefficient (Wildman–Crippen LogP) is 1.85. The Balaban J connectivity index is 1.99. The monoisotopic (exact) mass is 255 g/mol. The van der Waals surface area contributed by atoms with Crippen LogP contribution in [0.15, 0.2) is 43.0 Å². The Morgan fingerprint density at radius 1 is 1.16 bits per heavy atom. The molecule has 19 heavy (non-hydrogen) atoms. The molecule has 0 bridgehead atoms. The average molecular weight is 255 g/mol. The fourth-order valence-electron chi connectivity index (χ4n) is 1.95. The van der Waals surface area contributed by atoms with Crippen LogP contribution in [-0.4, -0.2) is 26.6 Å². The predicted molar refractivity (Wildman–Crippen MR) is 71.5 cm³/mol. The minimum atomic E-state index is 0.569. The fraction of sp³-hybridized carbons (Fsp3) is 0.154. The lowest BCUT2D eigenvalue weighted by atomic mass is 10.2. The van der Waals surface area contributed by atoms with Gasteiger partial charge in [-0.2, -0.15) is 0 Å². The number of benzene rings is 1. The van der Waals surface area contributed by atoms with Crippen LogP contribution in [0.1, 0.15) is 5.56 Å². The van der Waals surface area contributed by atoms with Crippen molar-refractivity contribution in [3.8, 4) is 0 Å². The third-order valence-electron chi connectivity index (χ3n) is 2.80. The van der Waals surface area contributed by atoms with Gasteiger partial charge in [-0.3, -0.25) is 4.84 Å². The number of fused-ring (bicyclic) bond motifs is 1. The second kappa shape index (κ2) is 5.03. The molecule has 0 spiro atoms. The highest BCUT2D eigenvalue weighted by atomic mass is 16.6. The first-order valence-corrected chi connectivity index (χ1v) is 5.87. The summed E-state index contributed by atoms with van der Waals surface area (Å²) in [5.41, 5.74) is 5.37. The summed E-state index contributed by atoms with van der Waals surface area (Å²) in [6.45, 7) is 0.723. The quantitative estimate of drug-likeness (QED) is 0.721. The van der Waals surface area contributed by atoms with Gasteiger partial charge in [-0.05, 0) is 5.56 Å². The van der Waals surface area contributed by atoms with E-state index >= 15 is 0 Å². The number of imidazole rings is 1. The summed E-state index contributed by atoms with van der Waals surface area (Å²) >= 11 is 0. The molecule has 0 amide bonds. The average Bonchev–Trinajstić information content (AvgIpc) is 2.85. The Bertz CT molecular complexity index is 680. The number of nitrogens with one attached hydrogen (secondary N) is 1. The number of rotatable bonds is 4. The van der Waals surface area contributed by atoms with E-state index in [1.807, 2.05) is 22.8 Å². The zero-order chi connectivity index (χ0) is 13.1. The summed E-state index contributed by atoms with van der Waals surface area (Å²) in [7, 11) is 1.54. The highest BCUT2D eigenvalue weighted by molar-refractivity contribution is 5.82. The van der Waals surface area contributed by atoms with Gasteiger partial charge in [0.15, 0.2) is 17.0 Å². The summed E-state index contributed by atoms with van der Waals surface area (Å²) < 4.78 is 1.98. The summed E-state index contributed by atoms with van der Waals surface area (Å²) in [5.74, 6) is 0.569. The van der Waals surface area contributed by atoms with Crippen molar-refractivity contribution in [3.63, 3.8) is 0 Å². The summed E-state index contributed by atoms with van der Waals surface area (Å²) in [6, 6.07) is 10.2. The van der Waals surface area contributed by atoms with Gasteiger partial charge in [0.1, 0.15) is 6.33 Å². The Kier molecular flexibility index (Phi) is 3.07. The molecule has 0 saturated heterocycles. The lowest BCUT2D eigenvalue weighted by Crippen LogP contribution is -2.02. The fourth-order valence-corrected chi connectivity index (χ4v) is 1.95. The minimum absolute atomic E-state index is 0.569. The molecule has 1 N–H and O–H groups in total. The zero-order valence-electron chi connectivity index (χ0n) is 10.4. The van der Waals surface area contributed by atoms with E-state index in [-0.39, 0.29) is 0 Å². The van der Waals surface area contributed by atoms with E-state index in [2.05, 4.69) is 32.6 Å². The number of anilines is 1. The smallest absolute Gasteiger partial charge is 0.181 e. The van der Waals surface area contributed by atoms with Crippen LogP contribution in [-0.2, 0) is 11.4 Å². The normalized spacial score (nSPS) is 10.8. The van der Waals surface area contributed by atoms with Crippen molar-refractivity contribution in [1.82, 2.24) is 19.5 Å². The number of aromatic nitrogens is 4. The maximum atomic E-state index is 4.87. The van der Waals surface area contributed by atoms with Gasteiger partial charge in [-0.15, -0.1) is 0 Å². The van der Waals surface area contributed by atoms with Crippen molar-refractivity contribution in [3.05, 3.63) is 48.5 Å². The van der Waals surface area contributed by atoms with Gasteiger partial charge in [-0.1, -0.05) is 30.3 Å². The van der Waals surface area contributed by atoms with Gasteiger partial charge in [0.2, 0.25) is 0 Å². The SMILES string of the molecule is CONc1ncnc2c1ncn2Cc1ccccc1. The lowest BCUT2D eigenvalue weighted by Gasteiger charge is -2.05. The van der Waals surface area contributed by atoms with Crippen LogP contribution in [0.4, 0.5) is 5.82 Å². The van der Waals surface area contributed by atoms with Crippen LogP contribution < -0.4 is 5.48 Å². The van der Waals surface area contributed by atoms with Crippen LogP contribution in [0.25, 0.3) is 11.2 Å². The first kappa shape index (κ1) is 11.6. The molecule has 0 unspecified atom stereocenters. The molecule has 2 heterocycles. The molecule has 0 aliphatic heterocycles. The van der Waals surface area contributed by atoms with E-state index in [1.165, 1.54) is 19.0 Å². The van der Waals surface area contributed by atoms with Crippen molar-refractivity contribution in [2.75, 3.05) is 12.6 Å². The molecular weight excluding hydrogens is 242 g/mol. The van der Waals surface area contributed by atoms with Crippen molar-refractivity contribution in [2.24, 2.45) is 0 Å². The Morgan fingerprint density at radius 2 is 2.00 bits per heavy atom. The van der Waals surface area contributed by atoms with E-state index in [1.54, 1.807) is 6.33 Å². The molecule has 0 fully saturated rings. The van der Waals surface area contributed by atoms with Gasteiger partial charge in [0, 0.05) is 0 Å². The van der Waals surface area contributed by atoms with Crippen molar-refractivity contribution < 1.29 is 4.84 Å². The Labute approximate surface area is 110 Å². The standard InChI is InChI=1S/C13H13N5O/c1-19-17-12-11-13(15-8-14-12)18(9-16-11)7-10-5-3-2-4-6-10/h2-6,8-9H,7H2,1H3,(H,14,15,17). The second-order valence-electron chi connectivity index (χ2n) is 4.06. The van der Waals surface area contributed by atoms with Gasteiger partial charge in [-0.25, -0.2) is 20.4 Å².